The SMILES string of the molecule is CC1(C)Oc2c(S)c3c(c(C(O)(c4c5c(c(S)c6c4OC(C)(C)O6)OC(C)(C)O5)c4c5c(c(S)c6c4OC(C)(C)O6)OC(C)(C)O5)c2O1)OC(C)(C)O3. The van der Waals surface area contributed by atoms with Gasteiger partial charge in [-0.15, -0.1) is 37.9 Å². The Hall–Kier alpha value is -3.73. The maximum atomic E-state index is 14.6. The van der Waals surface area contributed by atoms with E-state index in [-0.39, 0.29) is 85.7 Å². The van der Waals surface area contributed by atoms with Crippen molar-refractivity contribution in [3.63, 3.8) is 0 Å². The van der Waals surface area contributed by atoms with Crippen LogP contribution < -0.4 is 56.8 Å². The summed E-state index contributed by atoms with van der Waals surface area (Å²) < 4.78 is 77.8. The van der Waals surface area contributed by atoms with E-state index >= 15 is 0 Å². The Morgan fingerprint density at radius 1 is 0.302 bits per heavy atom. The van der Waals surface area contributed by atoms with Crippen molar-refractivity contribution in [2.24, 2.45) is 0 Å². The maximum Gasteiger partial charge on any atom is 0.246 e. The predicted molar refractivity (Wildman–Crippen MR) is 195 cm³/mol. The highest BCUT2D eigenvalue weighted by Crippen LogP contribution is 2.72. The predicted octanol–water partition coefficient (Wildman–Crippen LogP) is 7.88. The standard InChI is InChI=1S/C37H40O13S3/c1-31(2)39-16-13(17-23(28(51)22(16)45-31)46-32(3,4)40-17)37(38,14-18-24(47-33(5,6)41-18)29(52)25-19(14)42-34(7,8)48-25)15-20-26(49-35(9,10)43-20)30(53)27-21(15)44-36(11,12)50-27/h38,51-53H,1-12H3. The quantitative estimate of drug-likeness (QED) is 0.152. The Morgan fingerprint density at radius 3 is 0.585 bits per heavy atom. The molecule has 6 aliphatic heterocycles. The number of hydrogen-bond acceptors (Lipinski definition) is 16. The van der Waals surface area contributed by atoms with Crippen LogP contribution in [0.2, 0.25) is 0 Å². The van der Waals surface area contributed by atoms with E-state index in [9.17, 15) is 5.11 Å². The van der Waals surface area contributed by atoms with Crippen molar-refractivity contribution in [3.05, 3.63) is 16.7 Å². The van der Waals surface area contributed by atoms with E-state index < -0.39 is 40.3 Å². The Bertz CT molecular complexity index is 1840. The van der Waals surface area contributed by atoms with Crippen LogP contribution in [0.15, 0.2) is 14.7 Å². The third kappa shape index (κ3) is 4.83. The molecule has 0 amide bonds. The lowest BCUT2D eigenvalue weighted by Crippen LogP contribution is -2.36. The summed E-state index contributed by atoms with van der Waals surface area (Å²) in [7, 11) is 0. The van der Waals surface area contributed by atoms with Crippen LogP contribution in [0.25, 0.3) is 0 Å². The highest BCUT2D eigenvalue weighted by Gasteiger charge is 2.61. The van der Waals surface area contributed by atoms with Gasteiger partial charge in [0.25, 0.3) is 0 Å². The molecule has 0 bridgehead atoms. The van der Waals surface area contributed by atoms with Crippen LogP contribution in [0.1, 0.15) is 99.8 Å². The number of hydrogen-bond donors (Lipinski definition) is 4. The van der Waals surface area contributed by atoms with Crippen molar-refractivity contribution in [3.8, 4) is 69.0 Å². The molecule has 0 fully saturated rings. The van der Waals surface area contributed by atoms with Gasteiger partial charge in [-0.05, 0) is 0 Å². The first-order valence-corrected chi connectivity index (χ1v) is 18.4. The molecule has 9 rings (SSSR count). The largest absolute Gasteiger partial charge is 0.448 e. The highest BCUT2D eigenvalue weighted by atomic mass is 32.1. The summed E-state index contributed by atoms with van der Waals surface area (Å²) in [6, 6.07) is 0. The average Bonchev–Trinajstić information content (AvgIpc) is 3.81. The molecule has 0 spiro atoms. The van der Waals surface area contributed by atoms with E-state index in [4.69, 9.17) is 94.7 Å². The molecular formula is C37H40O13S3. The number of aliphatic hydroxyl groups is 1. The second kappa shape index (κ2) is 9.92. The summed E-state index contributed by atoms with van der Waals surface area (Å²) in [5, 5.41) is 14.6. The monoisotopic (exact) mass is 788 g/mol. The molecular weight excluding hydrogens is 749 g/mol. The number of thiol groups is 3. The molecule has 3 aromatic carbocycles. The molecule has 13 nitrogen and oxygen atoms in total. The molecule has 0 unspecified atom stereocenters. The first kappa shape index (κ1) is 35.0. The van der Waals surface area contributed by atoms with Gasteiger partial charge in [-0.2, -0.15) is 0 Å². The van der Waals surface area contributed by atoms with Crippen LogP contribution in [0.4, 0.5) is 0 Å². The second-order valence-electron chi connectivity index (χ2n) is 16.5. The van der Waals surface area contributed by atoms with Crippen molar-refractivity contribution in [1.82, 2.24) is 0 Å². The fourth-order valence-corrected chi connectivity index (χ4v) is 8.42. The highest BCUT2D eigenvalue weighted by molar-refractivity contribution is 7.81. The lowest BCUT2D eigenvalue weighted by atomic mass is 9.76. The lowest BCUT2D eigenvalue weighted by molar-refractivity contribution is -0.0557. The third-order valence-electron chi connectivity index (χ3n) is 9.15. The van der Waals surface area contributed by atoms with E-state index in [1.54, 1.807) is 83.1 Å². The maximum absolute atomic E-state index is 14.6. The minimum atomic E-state index is -2.53. The van der Waals surface area contributed by atoms with Gasteiger partial charge in [0.05, 0.1) is 31.4 Å². The number of benzene rings is 3. The van der Waals surface area contributed by atoms with E-state index in [1.807, 2.05) is 0 Å². The van der Waals surface area contributed by atoms with Crippen LogP contribution in [-0.2, 0) is 5.60 Å². The van der Waals surface area contributed by atoms with E-state index in [1.165, 1.54) is 0 Å². The van der Waals surface area contributed by atoms with Gasteiger partial charge < -0.3 is 61.9 Å². The summed E-state index contributed by atoms with van der Waals surface area (Å²) in [5.41, 5.74) is -2.47. The molecule has 0 aromatic heterocycles. The van der Waals surface area contributed by atoms with Crippen molar-refractivity contribution in [1.29, 1.82) is 0 Å². The van der Waals surface area contributed by atoms with E-state index in [2.05, 4.69) is 0 Å². The van der Waals surface area contributed by atoms with Gasteiger partial charge in [0.2, 0.25) is 34.7 Å². The second-order valence-corrected chi connectivity index (χ2v) is 17.8. The zero-order valence-corrected chi connectivity index (χ0v) is 33.9. The van der Waals surface area contributed by atoms with Gasteiger partial charge in [0.1, 0.15) is 0 Å². The van der Waals surface area contributed by atoms with Crippen molar-refractivity contribution < 1.29 is 61.9 Å². The molecule has 0 aliphatic carbocycles. The van der Waals surface area contributed by atoms with Gasteiger partial charge in [-0.1, -0.05) is 0 Å². The summed E-state index contributed by atoms with van der Waals surface area (Å²) in [4.78, 5) is 0.882. The van der Waals surface area contributed by atoms with Gasteiger partial charge in [-0.25, -0.2) is 0 Å². The number of ether oxygens (including phenoxy) is 12. The van der Waals surface area contributed by atoms with E-state index in [0.29, 0.717) is 14.7 Å². The smallest absolute Gasteiger partial charge is 0.246 e. The third-order valence-corrected chi connectivity index (χ3v) is 10.4. The Labute approximate surface area is 322 Å². The van der Waals surface area contributed by atoms with Gasteiger partial charge in [0.15, 0.2) is 74.6 Å². The average molecular weight is 789 g/mol. The summed E-state index contributed by atoms with van der Waals surface area (Å²) >= 11 is 14.6. The van der Waals surface area contributed by atoms with Gasteiger partial charge >= 0.3 is 0 Å². The molecule has 3 aromatic rings. The molecule has 16 heteroatoms. The molecule has 0 atom stereocenters. The molecule has 1 N–H and O–H groups in total. The van der Waals surface area contributed by atoms with Crippen LogP contribution in [-0.4, -0.2) is 39.8 Å². The van der Waals surface area contributed by atoms with Crippen molar-refractivity contribution in [2.45, 2.75) is 138 Å². The van der Waals surface area contributed by atoms with Crippen molar-refractivity contribution in [2.75, 3.05) is 0 Å². The Kier molecular flexibility index (Phi) is 6.55. The first-order chi connectivity index (χ1) is 24.2. The minimum Gasteiger partial charge on any atom is -0.448 e. The molecule has 53 heavy (non-hydrogen) atoms. The summed E-state index contributed by atoms with van der Waals surface area (Å²) in [5.74, 6) is -5.72. The van der Waals surface area contributed by atoms with Crippen LogP contribution >= 0.6 is 37.9 Å². The van der Waals surface area contributed by atoms with Crippen LogP contribution in [0.5, 0.6) is 69.0 Å². The zero-order chi connectivity index (χ0) is 38.4. The molecule has 6 heterocycles. The van der Waals surface area contributed by atoms with Crippen molar-refractivity contribution >= 4 is 37.9 Å². The normalized spacial score (nSPS) is 22.4. The fraction of sp³-hybridized carbons (Fsp3) is 0.514. The summed E-state index contributed by atoms with van der Waals surface area (Å²) in [6.45, 7) is 20.8. The van der Waals surface area contributed by atoms with Crippen LogP contribution in [0, 0.1) is 0 Å². The Balaban J connectivity index is 1.52. The molecule has 284 valence electrons. The summed E-state index contributed by atoms with van der Waals surface area (Å²) in [6.07, 6.45) is 0. The first-order valence-electron chi connectivity index (χ1n) is 17.0. The minimum absolute atomic E-state index is 0.0207. The number of fused-ring (bicyclic) bond motifs is 6. The molecule has 6 aliphatic rings. The lowest BCUT2D eigenvalue weighted by Gasteiger charge is -2.35. The fourth-order valence-electron chi connectivity index (χ4n) is 7.53. The number of rotatable bonds is 3. The Morgan fingerprint density at radius 2 is 0.434 bits per heavy atom. The van der Waals surface area contributed by atoms with E-state index in [0.717, 1.165) is 0 Å². The van der Waals surface area contributed by atoms with Gasteiger partial charge in [0, 0.05) is 83.1 Å². The van der Waals surface area contributed by atoms with Crippen LogP contribution in [0.3, 0.4) is 0 Å². The zero-order valence-electron chi connectivity index (χ0n) is 31.2. The molecule has 0 saturated carbocycles. The molecule has 0 saturated heterocycles. The topological polar surface area (TPSA) is 131 Å². The van der Waals surface area contributed by atoms with Gasteiger partial charge in [-0.3, -0.25) is 0 Å². The molecule has 0 radical (unpaired) electrons.